The fourth-order valence-electron chi connectivity index (χ4n) is 1.03. The van der Waals surface area contributed by atoms with Crippen molar-refractivity contribution in [2.75, 3.05) is 0 Å². The normalized spacial score (nSPS) is 9.43. The van der Waals surface area contributed by atoms with E-state index in [4.69, 9.17) is 5.11 Å². The summed E-state index contributed by atoms with van der Waals surface area (Å²) in [5.41, 5.74) is 1.64. The van der Waals surface area contributed by atoms with Gasteiger partial charge < -0.3 is 5.11 Å². The third-order valence-electron chi connectivity index (χ3n) is 1.82. The van der Waals surface area contributed by atoms with Crippen LogP contribution in [-0.2, 0) is 16.0 Å². The number of hydrogen-bond donors (Lipinski definition) is 1. The first kappa shape index (κ1) is 10.2. The van der Waals surface area contributed by atoms with Crippen molar-refractivity contribution in [2.24, 2.45) is 0 Å². The van der Waals surface area contributed by atoms with Crippen molar-refractivity contribution in [1.29, 1.82) is 0 Å². The smallest absolute Gasteiger partial charge is 0.372 e. The maximum atomic E-state index is 10.8. The molecule has 72 valence electrons. The summed E-state index contributed by atoms with van der Waals surface area (Å²) in [7, 11) is 0. The maximum absolute atomic E-state index is 10.8. The van der Waals surface area contributed by atoms with E-state index in [9.17, 15) is 9.59 Å². The second-order valence-corrected chi connectivity index (χ2v) is 2.85. The van der Waals surface area contributed by atoms with Gasteiger partial charge in [-0.1, -0.05) is 36.9 Å². The summed E-state index contributed by atoms with van der Waals surface area (Å²) >= 11 is 0. The second kappa shape index (κ2) is 4.37. The molecule has 0 bridgehead atoms. The Morgan fingerprint density at radius 3 is 2.29 bits per heavy atom. The summed E-state index contributed by atoms with van der Waals surface area (Å²) in [5, 5.41) is 8.38. The number of ketones is 1. The molecule has 1 rings (SSSR count). The number of rotatable bonds is 4. The Balaban J connectivity index is 2.73. The molecule has 1 aromatic rings. The minimum absolute atomic E-state index is 0.0627. The minimum Gasteiger partial charge on any atom is -0.475 e. The van der Waals surface area contributed by atoms with Crippen LogP contribution in [0.1, 0.15) is 11.1 Å². The average Bonchev–Trinajstić information content (AvgIpc) is 2.19. The first-order valence-electron chi connectivity index (χ1n) is 4.11. The topological polar surface area (TPSA) is 54.4 Å². The second-order valence-electron chi connectivity index (χ2n) is 2.85. The Labute approximate surface area is 81.7 Å². The van der Waals surface area contributed by atoms with Crippen LogP contribution in [0.2, 0.25) is 0 Å². The van der Waals surface area contributed by atoms with E-state index in [-0.39, 0.29) is 6.42 Å². The molecule has 0 aliphatic heterocycles. The molecule has 0 saturated carbocycles. The van der Waals surface area contributed by atoms with Gasteiger partial charge in [0.1, 0.15) is 0 Å². The standard InChI is InChI=1S/C11H10O3/c1-2-8-3-5-9(6-4-8)7-10(12)11(13)14/h2-6H,1,7H2,(H,13,14). The first-order valence-corrected chi connectivity index (χ1v) is 4.11. The third kappa shape index (κ3) is 2.55. The highest BCUT2D eigenvalue weighted by Crippen LogP contribution is 2.06. The van der Waals surface area contributed by atoms with E-state index >= 15 is 0 Å². The van der Waals surface area contributed by atoms with Gasteiger partial charge >= 0.3 is 5.97 Å². The van der Waals surface area contributed by atoms with Gasteiger partial charge in [-0.3, -0.25) is 4.79 Å². The molecule has 0 fully saturated rings. The lowest BCUT2D eigenvalue weighted by Crippen LogP contribution is -2.14. The van der Waals surface area contributed by atoms with Crippen molar-refractivity contribution < 1.29 is 14.7 Å². The van der Waals surface area contributed by atoms with Gasteiger partial charge in [0.05, 0.1) is 0 Å². The van der Waals surface area contributed by atoms with Gasteiger partial charge in [-0.15, -0.1) is 0 Å². The molecule has 0 radical (unpaired) electrons. The monoisotopic (exact) mass is 190 g/mol. The molecular weight excluding hydrogens is 180 g/mol. The van der Waals surface area contributed by atoms with Crippen LogP contribution >= 0.6 is 0 Å². The van der Waals surface area contributed by atoms with Crippen LogP contribution in [0.5, 0.6) is 0 Å². The van der Waals surface area contributed by atoms with E-state index < -0.39 is 11.8 Å². The maximum Gasteiger partial charge on any atom is 0.372 e. The number of carbonyl (C=O) groups is 2. The zero-order valence-electron chi connectivity index (χ0n) is 7.56. The van der Waals surface area contributed by atoms with Crippen molar-refractivity contribution >= 4 is 17.8 Å². The lowest BCUT2D eigenvalue weighted by molar-refractivity contribution is -0.148. The highest BCUT2D eigenvalue weighted by Gasteiger charge is 2.11. The number of Topliss-reactive ketones (excluding diaryl/α,β-unsaturated/α-hetero) is 1. The molecule has 0 aliphatic rings. The van der Waals surface area contributed by atoms with E-state index in [2.05, 4.69) is 6.58 Å². The third-order valence-corrected chi connectivity index (χ3v) is 1.82. The predicted molar refractivity (Wildman–Crippen MR) is 52.9 cm³/mol. The summed E-state index contributed by atoms with van der Waals surface area (Å²) in [5.74, 6) is -2.19. The van der Waals surface area contributed by atoms with E-state index in [0.29, 0.717) is 5.56 Å². The van der Waals surface area contributed by atoms with Gasteiger partial charge in [0.15, 0.2) is 0 Å². The first-order chi connectivity index (χ1) is 6.63. The zero-order valence-corrected chi connectivity index (χ0v) is 7.56. The largest absolute Gasteiger partial charge is 0.475 e. The van der Waals surface area contributed by atoms with Gasteiger partial charge in [0, 0.05) is 6.42 Å². The molecule has 1 N–H and O–H groups in total. The number of carboxylic acids is 1. The molecule has 0 amide bonds. The van der Waals surface area contributed by atoms with Crippen LogP contribution < -0.4 is 0 Å². The van der Waals surface area contributed by atoms with Gasteiger partial charge in [-0.05, 0) is 11.1 Å². The van der Waals surface area contributed by atoms with Crippen molar-refractivity contribution in [3.63, 3.8) is 0 Å². The van der Waals surface area contributed by atoms with Gasteiger partial charge in [0.2, 0.25) is 5.78 Å². The lowest BCUT2D eigenvalue weighted by atomic mass is 10.1. The number of hydrogen-bond acceptors (Lipinski definition) is 2. The Bertz CT molecular complexity index is 363. The highest BCUT2D eigenvalue weighted by atomic mass is 16.4. The number of benzene rings is 1. The zero-order chi connectivity index (χ0) is 10.6. The molecule has 0 heterocycles. The average molecular weight is 190 g/mol. The Morgan fingerprint density at radius 1 is 1.29 bits per heavy atom. The van der Waals surface area contributed by atoms with E-state index in [1.807, 2.05) is 0 Å². The molecule has 0 saturated heterocycles. The van der Waals surface area contributed by atoms with Gasteiger partial charge in [0.25, 0.3) is 0 Å². The molecule has 0 aliphatic carbocycles. The quantitative estimate of drug-likeness (QED) is 0.732. The van der Waals surface area contributed by atoms with E-state index in [1.165, 1.54) is 0 Å². The molecule has 0 atom stereocenters. The molecule has 0 aromatic heterocycles. The summed E-state index contributed by atoms with van der Waals surface area (Å²) in [6.07, 6.45) is 1.62. The predicted octanol–water partition coefficient (Wildman–Crippen LogP) is 1.53. The molecule has 14 heavy (non-hydrogen) atoms. The van der Waals surface area contributed by atoms with Crippen molar-refractivity contribution in [3.8, 4) is 0 Å². The fraction of sp³-hybridized carbons (Fsp3) is 0.0909. The van der Waals surface area contributed by atoms with Crippen LogP contribution in [0, 0.1) is 0 Å². The Hall–Kier alpha value is -1.90. The Kier molecular flexibility index (Phi) is 3.18. The Morgan fingerprint density at radius 2 is 1.86 bits per heavy atom. The van der Waals surface area contributed by atoms with Gasteiger partial charge in [-0.2, -0.15) is 0 Å². The highest BCUT2D eigenvalue weighted by molar-refractivity contribution is 6.33. The number of carboxylic acid groups (broad SMARTS) is 1. The van der Waals surface area contributed by atoms with Crippen LogP contribution in [-0.4, -0.2) is 16.9 Å². The van der Waals surface area contributed by atoms with Crippen molar-refractivity contribution in [1.82, 2.24) is 0 Å². The SMILES string of the molecule is C=Cc1ccc(CC(=O)C(=O)O)cc1. The molecule has 1 aromatic carbocycles. The molecule has 0 spiro atoms. The number of carbonyl (C=O) groups excluding carboxylic acids is 1. The van der Waals surface area contributed by atoms with E-state index in [1.54, 1.807) is 30.3 Å². The van der Waals surface area contributed by atoms with Crippen LogP contribution in [0.15, 0.2) is 30.8 Å². The minimum atomic E-state index is -1.39. The number of aliphatic carboxylic acids is 1. The summed E-state index contributed by atoms with van der Waals surface area (Å²) in [6, 6.07) is 7.02. The van der Waals surface area contributed by atoms with Crippen molar-refractivity contribution in [3.05, 3.63) is 42.0 Å². The lowest BCUT2D eigenvalue weighted by Gasteiger charge is -1.98. The van der Waals surface area contributed by atoms with Crippen LogP contribution in [0.25, 0.3) is 6.08 Å². The van der Waals surface area contributed by atoms with Crippen molar-refractivity contribution in [2.45, 2.75) is 6.42 Å². The molecule has 3 heteroatoms. The van der Waals surface area contributed by atoms with Gasteiger partial charge in [-0.25, -0.2) is 4.79 Å². The van der Waals surface area contributed by atoms with E-state index in [0.717, 1.165) is 5.56 Å². The van der Waals surface area contributed by atoms with Crippen LogP contribution in [0.3, 0.4) is 0 Å². The van der Waals surface area contributed by atoms with Crippen LogP contribution in [0.4, 0.5) is 0 Å². The summed E-state index contributed by atoms with van der Waals surface area (Å²) in [6.45, 7) is 3.59. The molecular formula is C11H10O3. The summed E-state index contributed by atoms with van der Waals surface area (Å²) < 4.78 is 0. The molecule has 0 unspecified atom stereocenters. The summed E-state index contributed by atoms with van der Waals surface area (Å²) in [4.78, 5) is 21.1. The molecule has 3 nitrogen and oxygen atoms in total. The fourth-order valence-corrected chi connectivity index (χ4v) is 1.03.